The molecule has 1 saturated heterocycles. The Kier molecular flexibility index (Phi) is 4.24. The van der Waals surface area contributed by atoms with Gasteiger partial charge in [-0.2, -0.15) is 0 Å². The van der Waals surface area contributed by atoms with Crippen molar-refractivity contribution in [3.63, 3.8) is 0 Å². The molecule has 1 fully saturated rings. The van der Waals surface area contributed by atoms with Crippen LogP contribution >= 0.6 is 0 Å². The van der Waals surface area contributed by atoms with E-state index in [4.69, 9.17) is 14.6 Å². The van der Waals surface area contributed by atoms with E-state index in [1.807, 2.05) is 0 Å². The lowest BCUT2D eigenvalue weighted by Gasteiger charge is -2.39. The zero-order valence-corrected chi connectivity index (χ0v) is 7.91. The highest BCUT2D eigenvalue weighted by atomic mass is 16.7. The molecule has 0 radical (unpaired) electrons. The van der Waals surface area contributed by atoms with Crippen LogP contribution in [-0.4, -0.2) is 64.3 Å². The zero-order chi connectivity index (χ0) is 10.7. The third kappa shape index (κ3) is 2.22. The van der Waals surface area contributed by atoms with E-state index in [0.717, 1.165) is 0 Å². The highest BCUT2D eigenvalue weighted by Crippen LogP contribution is 2.21. The number of aliphatic hydroxyl groups excluding tert-OH is 4. The molecule has 0 aliphatic carbocycles. The van der Waals surface area contributed by atoms with Gasteiger partial charge in [0.25, 0.3) is 0 Å². The molecule has 0 saturated carbocycles. The quantitative estimate of drug-likeness (QED) is 0.421. The van der Waals surface area contributed by atoms with Crippen LogP contribution in [0.5, 0.6) is 0 Å². The minimum absolute atomic E-state index is 0.308. The second-order valence-corrected chi connectivity index (χ2v) is 3.15. The van der Waals surface area contributed by atoms with Crippen LogP contribution in [0.1, 0.15) is 6.92 Å². The summed E-state index contributed by atoms with van der Waals surface area (Å²) in [6.45, 7) is 1.58. The Morgan fingerprint density at radius 1 is 1.14 bits per heavy atom. The topological polar surface area (TPSA) is 99.4 Å². The first-order chi connectivity index (χ1) is 6.61. The number of hydrogen-bond acceptors (Lipinski definition) is 6. The highest BCUT2D eigenvalue weighted by Gasteiger charge is 2.43. The predicted molar refractivity (Wildman–Crippen MR) is 45.4 cm³/mol. The van der Waals surface area contributed by atoms with Crippen molar-refractivity contribution in [1.82, 2.24) is 0 Å². The minimum atomic E-state index is -1.36. The average Bonchev–Trinajstić information content (AvgIpc) is 2.19. The average molecular weight is 208 g/mol. The van der Waals surface area contributed by atoms with Gasteiger partial charge in [0, 0.05) is 6.61 Å². The van der Waals surface area contributed by atoms with Gasteiger partial charge in [-0.15, -0.1) is 0 Å². The van der Waals surface area contributed by atoms with Crippen LogP contribution < -0.4 is 0 Å². The van der Waals surface area contributed by atoms with Gasteiger partial charge in [0.15, 0.2) is 6.29 Å². The van der Waals surface area contributed by atoms with Crippen LogP contribution in [0.25, 0.3) is 0 Å². The van der Waals surface area contributed by atoms with Crippen molar-refractivity contribution in [3.8, 4) is 0 Å². The molecular formula is C8H16O6. The van der Waals surface area contributed by atoms with Crippen molar-refractivity contribution in [2.45, 2.75) is 37.6 Å². The Hall–Kier alpha value is -0.240. The van der Waals surface area contributed by atoms with E-state index in [1.54, 1.807) is 6.92 Å². The van der Waals surface area contributed by atoms with E-state index in [9.17, 15) is 15.3 Å². The van der Waals surface area contributed by atoms with Crippen LogP contribution in [0.15, 0.2) is 0 Å². The van der Waals surface area contributed by atoms with Gasteiger partial charge in [-0.25, -0.2) is 0 Å². The second-order valence-electron chi connectivity index (χ2n) is 3.15. The smallest absolute Gasteiger partial charge is 0.186 e. The van der Waals surface area contributed by atoms with Gasteiger partial charge in [-0.05, 0) is 6.92 Å². The largest absolute Gasteiger partial charge is 0.394 e. The summed E-state index contributed by atoms with van der Waals surface area (Å²) in [5.41, 5.74) is 0. The third-order valence-electron chi connectivity index (χ3n) is 2.18. The molecule has 1 heterocycles. The fraction of sp³-hybridized carbons (Fsp3) is 1.00. The molecule has 1 rings (SSSR count). The maximum Gasteiger partial charge on any atom is 0.186 e. The van der Waals surface area contributed by atoms with Gasteiger partial charge in [0.1, 0.15) is 24.4 Å². The number of aliphatic hydroxyl groups is 4. The van der Waals surface area contributed by atoms with E-state index < -0.39 is 37.3 Å². The molecule has 14 heavy (non-hydrogen) atoms. The van der Waals surface area contributed by atoms with Gasteiger partial charge < -0.3 is 29.9 Å². The van der Waals surface area contributed by atoms with Crippen molar-refractivity contribution in [2.75, 3.05) is 13.2 Å². The lowest BCUT2D eigenvalue weighted by molar-refractivity contribution is -0.300. The van der Waals surface area contributed by atoms with E-state index in [0.29, 0.717) is 6.61 Å². The fourth-order valence-electron chi connectivity index (χ4n) is 1.37. The zero-order valence-electron chi connectivity index (χ0n) is 7.91. The van der Waals surface area contributed by atoms with Crippen LogP contribution in [0.4, 0.5) is 0 Å². The second kappa shape index (κ2) is 5.01. The molecule has 0 spiro atoms. The molecule has 0 unspecified atom stereocenters. The summed E-state index contributed by atoms with van der Waals surface area (Å²) >= 11 is 0. The van der Waals surface area contributed by atoms with Crippen LogP contribution in [0, 0.1) is 0 Å². The Labute approximate surface area is 81.7 Å². The fourth-order valence-corrected chi connectivity index (χ4v) is 1.37. The predicted octanol–water partition coefficient (Wildman–Crippen LogP) is -2.18. The molecule has 0 aromatic rings. The van der Waals surface area contributed by atoms with Gasteiger partial charge >= 0.3 is 0 Å². The van der Waals surface area contributed by atoms with Crippen LogP contribution in [0.3, 0.4) is 0 Å². The molecule has 6 nitrogen and oxygen atoms in total. The number of hydrogen-bond donors (Lipinski definition) is 4. The molecule has 84 valence electrons. The SMILES string of the molecule is CCO[C@@H]1O[C@H](CO)[C@@H](O)[C@H](O)[C@@H]1O. The number of rotatable bonds is 3. The molecule has 5 atom stereocenters. The first-order valence-corrected chi connectivity index (χ1v) is 4.54. The van der Waals surface area contributed by atoms with E-state index >= 15 is 0 Å². The molecule has 0 bridgehead atoms. The molecule has 0 amide bonds. The summed E-state index contributed by atoms with van der Waals surface area (Å²) in [4.78, 5) is 0. The summed E-state index contributed by atoms with van der Waals surface area (Å²) in [6, 6.07) is 0. The van der Waals surface area contributed by atoms with Gasteiger partial charge in [-0.3, -0.25) is 0 Å². The molecule has 4 N–H and O–H groups in total. The maximum atomic E-state index is 9.41. The van der Waals surface area contributed by atoms with Crippen molar-refractivity contribution >= 4 is 0 Å². The van der Waals surface area contributed by atoms with E-state index in [-0.39, 0.29) is 0 Å². The lowest BCUT2D eigenvalue weighted by Crippen LogP contribution is -2.59. The van der Waals surface area contributed by atoms with Crippen molar-refractivity contribution < 1.29 is 29.9 Å². The van der Waals surface area contributed by atoms with Gasteiger partial charge in [0.05, 0.1) is 6.61 Å². The first kappa shape index (κ1) is 11.8. The number of ether oxygens (including phenoxy) is 2. The normalized spacial score (nSPS) is 43.9. The highest BCUT2D eigenvalue weighted by molar-refractivity contribution is 4.88. The molecule has 6 heteroatoms. The van der Waals surface area contributed by atoms with Gasteiger partial charge in [0.2, 0.25) is 0 Å². The monoisotopic (exact) mass is 208 g/mol. The van der Waals surface area contributed by atoms with Crippen LogP contribution in [0.2, 0.25) is 0 Å². The van der Waals surface area contributed by atoms with Crippen LogP contribution in [-0.2, 0) is 9.47 Å². The Morgan fingerprint density at radius 3 is 2.29 bits per heavy atom. The summed E-state index contributed by atoms with van der Waals surface area (Å²) < 4.78 is 10.0. The molecule has 0 aromatic heterocycles. The Balaban J connectivity index is 2.63. The lowest BCUT2D eigenvalue weighted by atomic mass is 9.99. The summed E-state index contributed by atoms with van der Waals surface area (Å²) in [6.07, 6.45) is -5.89. The van der Waals surface area contributed by atoms with Crippen molar-refractivity contribution in [1.29, 1.82) is 0 Å². The standard InChI is InChI=1S/C8H16O6/c1-2-13-8-7(12)6(11)5(10)4(3-9)14-8/h4-12H,2-3H2,1H3/t4-,5-,6+,7+,8-/m1/s1. The van der Waals surface area contributed by atoms with Crippen molar-refractivity contribution in [2.24, 2.45) is 0 Å². The molecule has 1 aliphatic heterocycles. The van der Waals surface area contributed by atoms with E-state index in [1.165, 1.54) is 0 Å². The summed E-state index contributed by atoms with van der Waals surface area (Å²) in [5, 5.41) is 36.9. The first-order valence-electron chi connectivity index (χ1n) is 4.54. The Morgan fingerprint density at radius 2 is 1.79 bits per heavy atom. The molecule has 0 aromatic carbocycles. The van der Waals surface area contributed by atoms with Crippen molar-refractivity contribution in [3.05, 3.63) is 0 Å². The minimum Gasteiger partial charge on any atom is -0.394 e. The third-order valence-corrected chi connectivity index (χ3v) is 2.18. The summed E-state index contributed by atoms with van der Waals surface area (Å²) in [5.74, 6) is 0. The maximum absolute atomic E-state index is 9.41. The molecular weight excluding hydrogens is 192 g/mol. The van der Waals surface area contributed by atoms with E-state index in [2.05, 4.69) is 0 Å². The van der Waals surface area contributed by atoms with Gasteiger partial charge in [-0.1, -0.05) is 0 Å². The Bertz CT molecular complexity index is 171. The molecule has 1 aliphatic rings. The summed E-state index contributed by atoms with van der Waals surface area (Å²) in [7, 11) is 0.